The van der Waals surface area contributed by atoms with Crippen LogP contribution < -0.4 is 4.74 Å². The second kappa shape index (κ2) is 5.69. The summed E-state index contributed by atoms with van der Waals surface area (Å²) in [7, 11) is 1.65. The zero-order valence-corrected chi connectivity index (χ0v) is 11.5. The highest BCUT2D eigenvalue weighted by Crippen LogP contribution is 2.24. The fourth-order valence-electron chi connectivity index (χ4n) is 2.15. The highest BCUT2D eigenvalue weighted by Gasteiger charge is 2.13. The van der Waals surface area contributed by atoms with Gasteiger partial charge in [-0.05, 0) is 25.0 Å². The third-order valence-electron chi connectivity index (χ3n) is 3.30. The number of carbonyl (C=O) groups excluding carboxylic acids is 1. The van der Waals surface area contributed by atoms with Gasteiger partial charge in [0.25, 0.3) is 0 Å². The summed E-state index contributed by atoms with van der Waals surface area (Å²) in [5.41, 5.74) is 4.51. The number of aromatic nitrogens is 2. The lowest BCUT2D eigenvalue weighted by atomic mass is 10.0. The van der Waals surface area contributed by atoms with Crippen LogP contribution in [-0.2, 0) is 12.8 Å². The molecule has 1 aromatic heterocycles. The normalized spacial score (nSPS) is 10.5. The van der Waals surface area contributed by atoms with E-state index in [0.29, 0.717) is 12.0 Å². The molecule has 19 heavy (non-hydrogen) atoms. The van der Waals surface area contributed by atoms with Crippen molar-refractivity contribution in [1.29, 1.82) is 0 Å². The van der Waals surface area contributed by atoms with Crippen molar-refractivity contribution >= 4 is 6.29 Å². The van der Waals surface area contributed by atoms with Crippen molar-refractivity contribution in [1.82, 2.24) is 10.2 Å². The molecule has 0 fully saturated rings. The fraction of sp³-hybridized carbons (Fsp3) is 0.333. The number of aryl methyl sites for hydroxylation is 2. The number of nitrogens with zero attached hydrogens (tertiary/aromatic N) is 1. The SMILES string of the molecule is CCc1ccc(OC)c(Cc2n[nH]c(C)c2C=O)c1. The van der Waals surface area contributed by atoms with Gasteiger partial charge in [-0.15, -0.1) is 0 Å². The molecule has 4 heteroatoms. The Labute approximate surface area is 112 Å². The molecule has 0 unspecified atom stereocenters. The second-order valence-corrected chi connectivity index (χ2v) is 4.50. The van der Waals surface area contributed by atoms with Crippen molar-refractivity contribution in [3.05, 3.63) is 46.3 Å². The third-order valence-corrected chi connectivity index (χ3v) is 3.30. The van der Waals surface area contributed by atoms with Gasteiger partial charge in [-0.3, -0.25) is 9.89 Å². The molecule has 100 valence electrons. The first-order valence-electron chi connectivity index (χ1n) is 6.34. The first-order chi connectivity index (χ1) is 9.19. The monoisotopic (exact) mass is 258 g/mol. The molecule has 4 nitrogen and oxygen atoms in total. The summed E-state index contributed by atoms with van der Waals surface area (Å²) in [5.74, 6) is 0.828. The van der Waals surface area contributed by atoms with Crippen LogP contribution in [0.4, 0.5) is 0 Å². The van der Waals surface area contributed by atoms with E-state index >= 15 is 0 Å². The van der Waals surface area contributed by atoms with E-state index in [9.17, 15) is 4.79 Å². The molecule has 0 aliphatic rings. The van der Waals surface area contributed by atoms with Crippen molar-refractivity contribution in [3.8, 4) is 5.75 Å². The molecule has 0 spiro atoms. The van der Waals surface area contributed by atoms with Crippen molar-refractivity contribution < 1.29 is 9.53 Å². The predicted molar refractivity (Wildman–Crippen MR) is 73.9 cm³/mol. The fourth-order valence-corrected chi connectivity index (χ4v) is 2.15. The summed E-state index contributed by atoms with van der Waals surface area (Å²) in [6.07, 6.45) is 2.41. The number of nitrogens with one attached hydrogen (secondary N) is 1. The van der Waals surface area contributed by atoms with Gasteiger partial charge in [-0.2, -0.15) is 5.10 Å². The number of H-pyrrole nitrogens is 1. The summed E-state index contributed by atoms with van der Waals surface area (Å²) in [4.78, 5) is 11.1. The topological polar surface area (TPSA) is 55.0 Å². The number of aldehydes is 1. The zero-order chi connectivity index (χ0) is 13.8. The number of ether oxygens (including phenoxy) is 1. The maximum Gasteiger partial charge on any atom is 0.153 e. The van der Waals surface area contributed by atoms with E-state index in [0.717, 1.165) is 35.4 Å². The number of hydrogen-bond acceptors (Lipinski definition) is 3. The molecule has 0 saturated heterocycles. The number of hydrogen-bond donors (Lipinski definition) is 1. The van der Waals surface area contributed by atoms with Crippen LogP contribution in [0, 0.1) is 6.92 Å². The van der Waals surface area contributed by atoms with Gasteiger partial charge >= 0.3 is 0 Å². The number of carbonyl (C=O) groups is 1. The predicted octanol–water partition coefficient (Wildman–Crippen LogP) is 2.69. The van der Waals surface area contributed by atoms with Gasteiger partial charge in [0.05, 0.1) is 18.4 Å². The van der Waals surface area contributed by atoms with Crippen LogP contribution in [0.25, 0.3) is 0 Å². The van der Waals surface area contributed by atoms with Gasteiger partial charge in [0, 0.05) is 17.7 Å². The Balaban J connectivity index is 2.38. The van der Waals surface area contributed by atoms with Crippen LogP contribution in [0.2, 0.25) is 0 Å². The molecule has 0 amide bonds. The Morgan fingerprint density at radius 2 is 2.21 bits per heavy atom. The van der Waals surface area contributed by atoms with Crippen LogP contribution in [0.3, 0.4) is 0 Å². The first-order valence-corrected chi connectivity index (χ1v) is 6.34. The number of aromatic amines is 1. The van der Waals surface area contributed by atoms with Gasteiger partial charge in [-0.25, -0.2) is 0 Å². The van der Waals surface area contributed by atoms with Crippen molar-refractivity contribution in [2.24, 2.45) is 0 Å². The molecule has 0 aliphatic heterocycles. The minimum atomic E-state index is 0.593. The largest absolute Gasteiger partial charge is 0.496 e. The molecule has 2 aromatic rings. The molecule has 1 heterocycles. The van der Waals surface area contributed by atoms with Gasteiger partial charge in [0.1, 0.15) is 5.75 Å². The minimum absolute atomic E-state index is 0.593. The second-order valence-electron chi connectivity index (χ2n) is 4.50. The quantitative estimate of drug-likeness (QED) is 0.839. The highest BCUT2D eigenvalue weighted by molar-refractivity contribution is 5.78. The molecule has 1 aromatic carbocycles. The molecule has 1 N–H and O–H groups in total. The van der Waals surface area contributed by atoms with E-state index in [4.69, 9.17) is 4.74 Å². The van der Waals surface area contributed by atoms with Crippen molar-refractivity contribution in [3.63, 3.8) is 0 Å². The van der Waals surface area contributed by atoms with Crippen LogP contribution in [-0.4, -0.2) is 23.6 Å². The summed E-state index contributed by atoms with van der Waals surface area (Å²) in [6.45, 7) is 3.96. The summed E-state index contributed by atoms with van der Waals surface area (Å²) in [5, 5.41) is 7.05. The molecule has 2 rings (SSSR count). The molecular weight excluding hydrogens is 240 g/mol. The standard InChI is InChI=1S/C15H18N2O2/c1-4-11-5-6-15(19-3)12(7-11)8-14-13(9-18)10(2)16-17-14/h5-7,9H,4,8H2,1-3H3,(H,16,17). The molecule has 0 saturated carbocycles. The van der Waals surface area contributed by atoms with E-state index in [1.165, 1.54) is 5.56 Å². The summed E-state index contributed by atoms with van der Waals surface area (Å²) < 4.78 is 5.37. The average molecular weight is 258 g/mol. The number of rotatable bonds is 5. The number of benzene rings is 1. The Morgan fingerprint density at radius 1 is 1.42 bits per heavy atom. The minimum Gasteiger partial charge on any atom is -0.496 e. The zero-order valence-electron chi connectivity index (χ0n) is 11.5. The van der Waals surface area contributed by atoms with Gasteiger partial charge in [0.2, 0.25) is 0 Å². The smallest absolute Gasteiger partial charge is 0.153 e. The first kappa shape index (κ1) is 13.3. The molecule has 0 atom stereocenters. The van der Waals surface area contributed by atoms with E-state index in [1.807, 2.05) is 13.0 Å². The Morgan fingerprint density at radius 3 is 2.84 bits per heavy atom. The third kappa shape index (κ3) is 2.67. The van der Waals surface area contributed by atoms with Gasteiger partial charge in [0.15, 0.2) is 6.29 Å². The maximum absolute atomic E-state index is 11.1. The van der Waals surface area contributed by atoms with E-state index in [-0.39, 0.29) is 0 Å². The molecule has 0 bridgehead atoms. The summed E-state index contributed by atoms with van der Waals surface area (Å²) in [6, 6.07) is 6.13. The van der Waals surface area contributed by atoms with E-state index < -0.39 is 0 Å². The van der Waals surface area contributed by atoms with Crippen LogP contribution in [0.15, 0.2) is 18.2 Å². The number of methoxy groups -OCH3 is 1. The molecular formula is C15H18N2O2. The Hall–Kier alpha value is -2.10. The average Bonchev–Trinajstić information content (AvgIpc) is 2.79. The van der Waals surface area contributed by atoms with E-state index in [2.05, 4.69) is 29.3 Å². The lowest BCUT2D eigenvalue weighted by molar-refractivity contribution is 0.112. The van der Waals surface area contributed by atoms with Crippen LogP contribution >= 0.6 is 0 Å². The maximum atomic E-state index is 11.1. The highest BCUT2D eigenvalue weighted by atomic mass is 16.5. The lowest BCUT2D eigenvalue weighted by Crippen LogP contribution is -1.98. The lowest BCUT2D eigenvalue weighted by Gasteiger charge is -2.09. The van der Waals surface area contributed by atoms with Gasteiger partial charge < -0.3 is 4.74 Å². The summed E-state index contributed by atoms with van der Waals surface area (Å²) >= 11 is 0. The van der Waals surface area contributed by atoms with Crippen LogP contribution in [0.1, 0.15) is 39.8 Å². The van der Waals surface area contributed by atoms with Crippen molar-refractivity contribution in [2.45, 2.75) is 26.7 Å². The van der Waals surface area contributed by atoms with E-state index in [1.54, 1.807) is 7.11 Å². The van der Waals surface area contributed by atoms with Crippen LogP contribution in [0.5, 0.6) is 5.75 Å². The van der Waals surface area contributed by atoms with Crippen molar-refractivity contribution in [2.75, 3.05) is 7.11 Å². The molecule has 0 radical (unpaired) electrons. The van der Waals surface area contributed by atoms with Gasteiger partial charge in [-0.1, -0.05) is 19.1 Å². The Bertz CT molecular complexity index is 588. The Kier molecular flexibility index (Phi) is 4.00. The molecule has 0 aliphatic carbocycles.